The second-order valence-corrected chi connectivity index (χ2v) is 7.02. The molecule has 0 radical (unpaired) electrons. The van der Waals surface area contributed by atoms with E-state index in [1.54, 1.807) is 6.08 Å². The van der Waals surface area contributed by atoms with E-state index in [4.69, 9.17) is 0 Å². The standard InChI is InChI=1S/C18H30N2O/c1-5-19-11-13-20(14-12-19)17(21)9-8-16-15(2)7-6-10-18(16,3)4/h8-9H,5-7,10-14H2,1-4H3/b9-8+. The van der Waals surface area contributed by atoms with E-state index >= 15 is 0 Å². The van der Waals surface area contributed by atoms with Gasteiger partial charge in [0.15, 0.2) is 0 Å². The summed E-state index contributed by atoms with van der Waals surface area (Å²) in [5, 5.41) is 0. The average Bonchev–Trinajstić information content (AvgIpc) is 2.46. The molecular formula is C18H30N2O. The highest BCUT2D eigenvalue weighted by Crippen LogP contribution is 2.40. The molecule has 1 amide bonds. The van der Waals surface area contributed by atoms with Gasteiger partial charge in [0.25, 0.3) is 0 Å². The van der Waals surface area contributed by atoms with Crippen molar-refractivity contribution in [2.75, 3.05) is 32.7 Å². The van der Waals surface area contributed by atoms with Gasteiger partial charge in [-0.15, -0.1) is 0 Å². The van der Waals surface area contributed by atoms with Crippen LogP contribution in [0.4, 0.5) is 0 Å². The molecular weight excluding hydrogens is 260 g/mol. The Labute approximate surface area is 129 Å². The lowest BCUT2D eigenvalue weighted by molar-refractivity contribution is -0.127. The molecule has 118 valence electrons. The monoisotopic (exact) mass is 290 g/mol. The third-order valence-electron chi connectivity index (χ3n) is 5.07. The molecule has 1 saturated heterocycles. The van der Waals surface area contributed by atoms with Crippen LogP contribution in [0.1, 0.15) is 47.0 Å². The van der Waals surface area contributed by atoms with E-state index in [9.17, 15) is 4.79 Å². The number of piperazine rings is 1. The molecule has 3 nitrogen and oxygen atoms in total. The van der Waals surface area contributed by atoms with Gasteiger partial charge in [0, 0.05) is 32.3 Å². The van der Waals surface area contributed by atoms with Crippen LogP contribution in [0.15, 0.2) is 23.3 Å². The van der Waals surface area contributed by atoms with Gasteiger partial charge in [-0.05, 0) is 43.7 Å². The first-order chi connectivity index (χ1) is 9.94. The summed E-state index contributed by atoms with van der Waals surface area (Å²) in [5.74, 6) is 0.174. The fourth-order valence-corrected chi connectivity index (χ4v) is 3.55. The molecule has 0 atom stereocenters. The summed E-state index contributed by atoms with van der Waals surface area (Å²) in [6.07, 6.45) is 7.54. The Morgan fingerprint density at radius 1 is 1.24 bits per heavy atom. The van der Waals surface area contributed by atoms with Crippen LogP contribution in [0, 0.1) is 5.41 Å². The summed E-state index contributed by atoms with van der Waals surface area (Å²) in [5.41, 5.74) is 3.03. The first kappa shape index (κ1) is 16.3. The number of hydrogen-bond donors (Lipinski definition) is 0. The number of carbonyl (C=O) groups excluding carboxylic acids is 1. The van der Waals surface area contributed by atoms with Gasteiger partial charge in [0.2, 0.25) is 5.91 Å². The lowest BCUT2D eigenvalue weighted by atomic mass is 9.72. The van der Waals surface area contributed by atoms with Crippen molar-refractivity contribution in [3.8, 4) is 0 Å². The third-order valence-corrected chi connectivity index (χ3v) is 5.07. The fourth-order valence-electron chi connectivity index (χ4n) is 3.55. The Balaban J connectivity index is 1.99. The van der Waals surface area contributed by atoms with Crippen molar-refractivity contribution in [2.45, 2.75) is 47.0 Å². The van der Waals surface area contributed by atoms with E-state index in [0.717, 1.165) is 32.7 Å². The Morgan fingerprint density at radius 3 is 2.48 bits per heavy atom. The zero-order valence-electron chi connectivity index (χ0n) is 14.1. The molecule has 1 aliphatic heterocycles. The molecule has 1 heterocycles. The number of rotatable bonds is 3. The molecule has 0 saturated carbocycles. The number of carbonyl (C=O) groups is 1. The van der Waals surface area contributed by atoms with Crippen LogP contribution in [-0.2, 0) is 4.79 Å². The van der Waals surface area contributed by atoms with Crippen molar-refractivity contribution in [1.29, 1.82) is 0 Å². The summed E-state index contributed by atoms with van der Waals surface area (Å²) >= 11 is 0. The topological polar surface area (TPSA) is 23.6 Å². The lowest BCUT2D eigenvalue weighted by Crippen LogP contribution is -2.48. The molecule has 0 aromatic rings. The maximum atomic E-state index is 12.4. The van der Waals surface area contributed by atoms with Crippen molar-refractivity contribution < 1.29 is 4.79 Å². The van der Waals surface area contributed by atoms with E-state index in [-0.39, 0.29) is 11.3 Å². The van der Waals surface area contributed by atoms with Crippen LogP contribution < -0.4 is 0 Å². The molecule has 0 aromatic heterocycles. The predicted octanol–water partition coefficient (Wildman–Crippen LogP) is 3.23. The highest BCUT2D eigenvalue weighted by molar-refractivity contribution is 5.88. The first-order valence-electron chi connectivity index (χ1n) is 8.33. The van der Waals surface area contributed by atoms with Crippen LogP contribution >= 0.6 is 0 Å². The van der Waals surface area contributed by atoms with Crippen molar-refractivity contribution in [2.24, 2.45) is 5.41 Å². The van der Waals surface area contributed by atoms with Crippen LogP contribution in [-0.4, -0.2) is 48.4 Å². The highest BCUT2D eigenvalue weighted by Gasteiger charge is 2.27. The van der Waals surface area contributed by atoms with Gasteiger partial charge in [-0.25, -0.2) is 0 Å². The summed E-state index contributed by atoms with van der Waals surface area (Å²) in [6.45, 7) is 13.8. The molecule has 0 unspecified atom stereocenters. The summed E-state index contributed by atoms with van der Waals surface area (Å²) in [4.78, 5) is 16.7. The SMILES string of the molecule is CCN1CCN(C(=O)/C=C/C2=C(C)CCCC2(C)C)CC1. The average molecular weight is 290 g/mol. The van der Waals surface area contributed by atoms with E-state index in [2.05, 4.69) is 38.7 Å². The molecule has 21 heavy (non-hydrogen) atoms. The van der Waals surface area contributed by atoms with Gasteiger partial charge >= 0.3 is 0 Å². The zero-order valence-corrected chi connectivity index (χ0v) is 14.1. The van der Waals surface area contributed by atoms with Crippen LogP contribution in [0.3, 0.4) is 0 Å². The molecule has 2 rings (SSSR count). The minimum absolute atomic E-state index is 0.174. The van der Waals surface area contributed by atoms with E-state index in [0.29, 0.717) is 0 Å². The summed E-state index contributed by atoms with van der Waals surface area (Å²) in [6, 6.07) is 0. The van der Waals surface area contributed by atoms with E-state index in [1.165, 1.54) is 30.4 Å². The molecule has 3 heteroatoms. The molecule has 0 N–H and O–H groups in total. The van der Waals surface area contributed by atoms with Crippen LogP contribution in [0.25, 0.3) is 0 Å². The Morgan fingerprint density at radius 2 is 1.90 bits per heavy atom. The smallest absolute Gasteiger partial charge is 0.246 e. The van der Waals surface area contributed by atoms with Gasteiger partial charge < -0.3 is 9.80 Å². The van der Waals surface area contributed by atoms with Crippen molar-refractivity contribution in [3.63, 3.8) is 0 Å². The number of likely N-dealkylation sites (N-methyl/N-ethyl adjacent to an activating group) is 1. The largest absolute Gasteiger partial charge is 0.337 e. The van der Waals surface area contributed by atoms with E-state index < -0.39 is 0 Å². The number of amides is 1. The van der Waals surface area contributed by atoms with Crippen molar-refractivity contribution in [1.82, 2.24) is 9.80 Å². The summed E-state index contributed by atoms with van der Waals surface area (Å²) < 4.78 is 0. The van der Waals surface area contributed by atoms with Gasteiger partial charge in [-0.2, -0.15) is 0 Å². The minimum atomic E-state index is 0.174. The lowest BCUT2D eigenvalue weighted by Gasteiger charge is -2.34. The maximum absolute atomic E-state index is 12.4. The van der Waals surface area contributed by atoms with Gasteiger partial charge in [-0.1, -0.05) is 32.4 Å². The Hall–Kier alpha value is -1.09. The first-order valence-corrected chi connectivity index (χ1v) is 8.33. The second kappa shape index (κ2) is 6.78. The fraction of sp³-hybridized carbons (Fsp3) is 0.722. The summed E-state index contributed by atoms with van der Waals surface area (Å²) in [7, 11) is 0. The molecule has 0 spiro atoms. The predicted molar refractivity (Wildman–Crippen MR) is 88.2 cm³/mol. The Kier molecular flexibility index (Phi) is 5.26. The van der Waals surface area contributed by atoms with Crippen LogP contribution in [0.5, 0.6) is 0 Å². The normalized spacial score (nSPS) is 23.9. The number of nitrogens with zero attached hydrogens (tertiary/aromatic N) is 2. The van der Waals surface area contributed by atoms with Gasteiger partial charge in [0.05, 0.1) is 0 Å². The van der Waals surface area contributed by atoms with Gasteiger partial charge in [0.1, 0.15) is 0 Å². The zero-order chi connectivity index (χ0) is 15.5. The molecule has 0 bridgehead atoms. The second-order valence-electron chi connectivity index (χ2n) is 7.02. The molecule has 2 aliphatic rings. The van der Waals surface area contributed by atoms with Crippen LogP contribution in [0.2, 0.25) is 0 Å². The highest BCUT2D eigenvalue weighted by atomic mass is 16.2. The molecule has 1 fully saturated rings. The minimum Gasteiger partial charge on any atom is -0.337 e. The molecule has 1 aliphatic carbocycles. The van der Waals surface area contributed by atoms with Crippen molar-refractivity contribution >= 4 is 5.91 Å². The molecule has 0 aromatic carbocycles. The van der Waals surface area contributed by atoms with Crippen molar-refractivity contribution in [3.05, 3.63) is 23.3 Å². The van der Waals surface area contributed by atoms with E-state index in [1.807, 2.05) is 4.90 Å². The number of hydrogen-bond acceptors (Lipinski definition) is 2. The maximum Gasteiger partial charge on any atom is 0.246 e. The number of allylic oxidation sites excluding steroid dienone is 3. The Bertz CT molecular complexity index is 440. The quantitative estimate of drug-likeness (QED) is 0.745. The third kappa shape index (κ3) is 3.97. The van der Waals surface area contributed by atoms with Gasteiger partial charge in [-0.3, -0.25) is 4.79 Å².